The zero-order valence-electron chi connectivity index (χ0n) is 7.43. The van der Waals surface area contributed by atoms with Crippen LogP contribution in [0.1, 0.15) is 12.0 Å². The van der Waals surface area contributed by atoms with Crippen molar-refractivity contribution in [2.24, 2.45) is 0 Å². The molecule has 0 radical (unpaired) electrons. The van der Waals surface area contributed by atoms with Gasteiger partial charge in [-0.3, -0.25) is 0 Å². The molecule has 1 rings (SSSR count). The standard InChI is InChI=1S/C10H10BrCl2N/c11-4-2-1-3-7-5-8(12)6-9(13)10(7)14/h1,3,5-6H,2,4,14H2. The van der Waals surface area contributed by atoms with Gasteiger partial charge >= 0.3 is 0 Å². The molecule has 0 unspecified atom stereocenters. The van der Waals surface area contributed by atoms with E-state index < -0.39 is 0 Å². The lowest BCUT2D eigenvalue weighted by molar-refractivity contribution is 1.27. The minimum atomic E-state index is 0.496. The molecule has 1 aromatic carbocycles. The predicted octanol–water partition coefficient (Wildman–Crippen LogP) is 4.37. The lowest BCUT2D eigenvalue weighted by atomic mass is 10.1. The number of hydrogen-bond acceptors (Lipinski definition) is 1. The molecule has 0 spiro atoms. The molecule has 1 nitrogen and oxygen atoms in total. The third kappa shape index (κ3) is 3.19. The molecule has 0 heterocycles. The van der Waals surface area contributed by atoms with Crippen LogP contribution < -0.4 is 5.73 Å². The molecule has 0 saturated heterocycles. The SMILES string of the molecule is Nc1c(Cl)cc(Cl)cc1C=CCCBr. The second-order valence-corrected chi connectivity index (χ2v) is 4.41. The highest BCUT2D eigenvalue weighted by Crippen LogP contribution is 2.28. The van der Waals surface area contributed by atoms with Gasteiger partial charge in [0.05, 0.1) is 10.7 Å². The Balaban J connectivity index is 2.96. The largest absolute Gasteiger partial charge is 0.397 e. The number of benzene rings is 1. The van der Waals surface area contributed by atoms with Gasteiger partial charge < -0.3 is 5.73 Å². The van der Waals surface area contributed by atoms with E-state index in [1.807, 2.05) is 12.2 Å². The van der Waals surface area contributed by atoms with Gasteiger partial charge in [0.15, 0.2) is 0 Å². The van der Waals surface area contributed by atoms with Gasteiger partial charge in [0, 0.05) is 15.9 Å². The summed E-state index contributed by atoms with van der Waals surface area (Å²) >= 11 is 15.1. The number of nitrogen functional groups attached to an aromatic ring is 1. The Hall–Kier alpha value is -0.180. The Morgan fingerprint density at radius 2 is 2.07 bits per heavy atom. The normalized spacial score (nSPS) is 11.1. The number of alkyl halides is 1. The topological polar surface area (TPSA) is 26.0 Å². The van der Waals surface area contributed by atoms with Crippen LogP contribution in [0.4, 0.5) is 5.69 Å². The summed E-state index contributed by atoms with van der Waals surface area (Å²) in [5.41, 5.74) is 7.22. The van der Waals surface area contributed by atoms with E-state index in [2.05, 4.69) is 15.9 Å². The first-order chi connectivity index (χ1) is 6.65. The molecule has 0 amide bonds. The molecule has 0 aliphatic rings. The van der Waals surface area contributed by atoms with Crippen molar-refractivity contribution in [2.45, 2.75) is 6.42 Å². The summed E-state index contributed by atoms with van der Waals surface area (Å²) < 4.78 is 0. The van der Waals surface area contributed by atoms with Crippen molar-refractivity contribution in [3.05, 3.63) is 33.8 Å². The molecular formula is C10H10BrCl2N. The summed E-state index contributed by atoms with van der Waals surface area (Å²) in [7, 11) is 0. The molecular weight excluding hydrogens is 285 g/mol. The molecule has 76 valence electrons. The van der Waals surface area contributed by atoms with Gasteiger partial charge in [-0.25, -0.2) is 0 Å². The third-order valence-electron chi connectivity index (χ3n) is 1.70. The first kappa shape index (κ1) is 11.9. The quantitative estimate of drug-likeness (QED) is 0.650. The maximum absolute atomic E-state index is 5.88. The summed E-state index contributed by atoms with van der Waals surface area (Å²) in [4.78, 5) is 0. The van der Waals surface area contributed by atoms with Crippen LogP contribution in [-0.2, 0) is 0 Å². The average Bonchev–Trinajstić information content (AvgIpc) is 2.13. The average molecular weight is 295 g/mol. The van der Waals surface area contributed by atoms with E-state index in [4.69, 9.17) is 28.9 Å². The lowest BCUT2D eigenvalue weighted by Gasteiger charge is -2.03. The monoisotopic (exact) mass is 293 g/mol. The third-order valence-corrected chi connectivity index (χ3v) is 2.69. The fourth-order valence-corrected chi connectivity index (χ4v) is 1.79. The summed E-state index contributed by atoms with van der Waals surface area (Å²) in [5.74, 6) is 0. The van der Waals surface area contributed by atoms with Crippen molar-refractivity contribution in [3.8, 4) is 0 Å². The van der Waals surface area contributed by atoms with Crippen LogP contribution in [0.5, 0.6) is 0 Å². The van der Waals surface area contributed by atoms with E-state index in [-0.39, 0.29) is 0 Å². The van der Waals surface area contributed by atoms with E-state index in [0.717, 1.165) is 17.3 Å². The van der Waals surface area contributed by atoms with Crippen molar-refractivity contribution in [1.82, 2.24) is 0 Å². The predicted molar refractivity (Wildman–Crippen MR) is 68.3 cm³/mol. The van der Waals surface area contributed by atoms with Gasteiger partial charge in [-0.05, 0) is 18.6 Å². The summed E-state index contributed by atoms with van der Waals surface area (Å²) in [6.07, 6.45) is 4.89. The van der Waals surface area contributed by atoms with E-state index in [1.54, 1.807) is 12.1 Å². The van der Waals surface area contributed by atoms with Gasteiger partial charge in [0.25, 0.3) is 0 Å². The van der Waals surface area contributed by atoms with Crippen molar-refractivity contribution in [2.75, 3.05) is 11.1 Å². The van der Waals surface area contributed by atoms with Crippen LogP contribution in [0.15, 0.2) is 18.2 Å². The van der Waals surface area contributed by atoms with Gasteiger partial charge in [0.1, 0.15) is 0 Å². The smallest absolute Gasteiger partial charge is 0.0656 e. The van der Waals surface area contributed by atoms with E-state index in [1.165, 1.54) is 0 Å². The van der Waals surface area contributed by atoms with Gasteiger partial charge in [0.2, 0.25) is 0 Å². The molecule has 0 bridgehead atoms. The zero-order valence-corrected chi connectivity index (χ0v) is 10.5. The molecule has 0 fully saturated rings. The second-order valence-electron chi connectivity index (χ2n) is 2.77. The fraction of sp³-hybridized carbons (Fsp3) is 0.200. The Kier molecular flexibility index (Phi) is 4.79. The van der Waals surface area contributed by atoms with Crippen molar-refractivity contribution < 1.29 is 0 Å². The Bertz CT molecular complexity index is 350. The molecule has 0 aliphatic carbocycles. The van der Waals surface area contributed by atoms with Crippen LogP contribution in [0, 0.1) is 0 Å². The van der Waals surface area contributed by atoms with Crippen LogP contribution in [0.25, 0.3) is 6.08 Å². The van der Waals surface area contributed by atoms with Gasteiger partial charge in [-0.1, -0.05) is 51.3 Å². The first-order valence-electron chi connectivity index (χ1n) is 4.12. The molecule has 0 saturated carbocycles. The second kappa shape index (κ2) is 5.64. The van der Waals surface area contributed by atoms with E-state index in [0.29, 0.717) is 15.7 Å². The van der Waals surface area contributed by atoms with Crippen LogP contribution in [0.2, 0.25) is 10.0 Å². The maximum Gasteiger partial charge on any atom is 0.0656 e. The van der Waals surface area contributed by atoms with Gasteiger partial charge in [-0.15, -0.1) is 0 Å². The Morgan fingerprint density at radius 1 is 1.36 bits per heavy atom. The number of hydrogen-bond donors (Lipinski definition) is 1. The van der Waals surface area contributed by atoms with Crippen LogP contribution in [0.3, 0.4) is 0 Å². The highest BCUT2D eigenvalue weighted by molar-refractivity contribution is 9.09. The maximum atomic E-state index is 5.88. The molecule has 4 heteroatoms. The summed E-state index contributed by atoms with van der Waals surface area (Å²) in [6.45, 7) is 0. The van der Waals surface area contributed by atoms with Crippen LogP contribution in [-0.4, -0.2) is 5.33 Å². The molecule has 0 aromatic heterocycles. The number of anilines is 1. The summed E-state index contributed by atoms with van der Waals surface area (Å²) in [5, 5.41) is 2.02. The zero-order chi connectivity index (χ0) is 10.6. The lowest BCUT2D eigenvalue weighted by Crippen LogP contribution is -1.90. The highest BCUT2D eigenvalue weighted by atomic mass is 79.9. The number of halogens is 3. The first-order valence-corrected chi connectivity index (χ1v) is 6.00. The van der Waals surface area contributed by atoms with Crippen molar-refractivity contribution >= 4 is 50.9 Å². The minimum Gasteiger partial charge on any atom is -0.397 e. The Morgan fingerprint density at radius 3 is 2.71 bits per heavy atom. The van der Waals surface area contributed by atoms with E-state index >= 15 is 0 Å². The van der Waals surface area contributed by atoms with Crippen molar-refractivity contribution in [3.63, 3.8) is 0 Å². The molecule has 2 N–H and O–H groups in total. The molecule has 0 atom stereocenters. The van der Waals surface area contributed by atoms with Crippen LogP contribution >= 0.6 is 39.1 Å². The van der Waals surface area contributed by atoms with Gasteiger partial charge in [-0.2, -0.15) is 0 Å². The van der Waals surface area contributed by atoms with E-state index in [9.17, 15) is 0 Å². The molecule has 1 aromatic rings. The number of nitrogens with two attached hydrogens (primary N) is 1. The fourth-order valence-electron chi connectivity index (χ4n) is 1.02. The number of allylic oxidation sites excluding steroid dienone is 1. The molecule has 0 aliphatic heterocycles. The summed E-state index contributed by atoms with van der Waals surface area (Å²) in [6, 6.07) is 3.44. The highest BCUT2D eigenvalue weighted by Gasteiger charge is 2.02. The minimum absolute atomic E-state index is 0.496. The van der Waals surface area contributed by atoms with Crippen molar-refractivity contribution in [1.29, 1.82) is 0 Å². The molecule has 14 heavy (non-hydrogen) atoms. The Labute approximate surface area is 102 Å². The number of rotatable bonds is 3.